The molecule has 0 saturated carbocycles. The molecule has 1 atom stereocenters. The second-order valence-corrected chi connectivity index (χ2v) is 7.62. The summed E-state index contributed by atoms with van der Waals surface area (Å²) in [6, 6.07) is 17.9. The molecule has 0 fully saturated rings. The molecular weight excluding hydrogens is 436 g/mol. The summed E-state index contributed by atoms with van der Waals surface area (Å²) >= 11 is 0. The van der Waals surface area contributed by atoms with Gasteiger partial charge in [0, 0.05) is 11.6 Å². The molecule has 8 nitrogen and oxygen atoms in total. The number of anilines is 1. The van der Waals surface area contributed by atoms with Crippen LogP contribution in [0.25, 0.3) is 11.0 Å². The fourth-order valence-electron chi connectivity index (χ4n) is 4.14. The van der Waals surface area contributed by atoms with Crippen LogP contribution in [0.4, 0.5) is 5.82 Å². The van der Waals surface area contributed by atoms with Crippen LogP contribution in [-0.2, 0) is 4.79 Å². The van der Waals surface area contributed by atoms with Gasteiger partial charge in [0.25, 0.3) is 5.91 Å². The van der Waals surface area contributed by atoms with E-state index in [4.69, 9.17) is 13.9 Å². The lowest BCUT2D eigenvalue weighted by Crippen LogP contribution is -2.31. The SMILES string of the molecule is COc1cccc(C2C(C(=O)c3cc4cccc(OC)c4o3)=C(O)C(=O)N2c2ccccn2)c1. The molecule has 0 radical (unpaired) electrons. The van der Waals surface area contributed by atoms with E-state index in [1.165, 1.54) is 25.3 Å². The second kappa shape index (κ2) is 8.40. The molecule has 1 N–H and O–H groups in total. The lowest BCUT2D eigenvalue weighted by Gasteiger charge is -2.26. The third-order valence-electron chi connectivity index (χ3n) is 5.71. The molecule has 2 aromatic heterocycles. The maximum absolute atomic E-state index is 13.7. The number of nitrogens with zero attached hydrogens (tertiary/aromatic N) is 2. The first-order valence-corrected chi connectivity index (χ1v) is 10.5. The number of aliphatic hydroxyl groups excluding tert-OH is 1. The van der Waals surface area contributed by atoms with Gasteiger partial charge in [-0.1, -0.05) is 30.3 Å². The number of methoxy groups -OCH3 is 2. The van der Waals surface area contributed by atoms with Crippen LogP contribution in [0.2, 0.25) is 0 Å². The number of ether oxygens (including phenoxy) is 2. The van der Waals surface area contributed by atoms with Crippen LogP contribution in [0.5, 0.6) is 11.5 Å². The number of benzene rings is 2. The topological polar surface area (TPSA) is 102 Å². The smallest absolute Gasteiger partial charge is 0.295 e. The predicted octanol–water partition coefficient (Wildman–Crippen LogP) is 4.63. The minimum absolute atomic E-state index is 0.0235. The number of pyridine rings is 1. The number of aliphatic hydroxyl groups is 1. The highest BCUT2D eigenvalue weighted by molar-refractivity contribution is 6.20. The Hall–Kier alpha value is -4.59. The maximum atomic E-state index is 13.7. The van der Waals surface area contributed by atoms with Gasteiger partial charge in [0.15, 0.2) is 22.9 Å². The van der Waals surface area contributed by atoms with Crippen molar-refractivity contribution in [2.24, 2.45) is 0 Å². The van der Waals surface area contributed by atoms with Crippen molar-refractivity contribution in [3.8, 4) is 11.5 Å². The summed E-state index contributed by atoms with van der Waals surface area (Å²) in [5, 5.41) is 11.6. The van der Waals surface area contributed by atoms with Gasteiger partial charge in [-0.05, 0) is 42.0 Å². The average Bonchev–Trinajstić information content (AvgIpc) is 3.43. The number of amides is 1. The summed E-state index contributed by atoms with van der Waals surface area (Å²) in [7, 11) is 3.03. The third-order valence-corrected chi connectivity index (χ3v) is 5.71. The van der Waals surface area contributed by atoms with E-state index < -0.39 is 23.5 Å². The highest BCUT2D eigenvalue weighted by Gasteiger charge is 2.46. The average molecular weight is 456 g/mol. The summed E-state index contributed by atoms with van der Waals surface area (Å²) in [5.74, 6) is -0.727. The van der Waals surface area contributed by atoms with E-state index in [0.717, 1.165) is 0 Å². The molecule has 2 aromatic carbocycles. The molecule has 0 spiro atoms. The van der Waals surface area contributed by atoms with E-state index in [0.29, 0.717) is 33.8 Å². The van der Waals surface area contributed by atoms with E-state index in [-0.39, 0.29) is 11.3 Å². The van der Waals surface area contributed by atoms with Gasteiger partial charge in [0.05, 0.1) is 25.8 Å². The number of ketones is 1. The van der Waals surface area contributed by atoms with Crippen molar-refractivity contribution >= 4 is 28.5 Å². The van der Waals surface area contributed by atoms with Gasteiger partial charge in [-0.15, -0.1) is 0 Å². The summed E-state index contributed by atoms with van der Waals surface area (Å²) in [6.45, 7) is 0. The molecule has 1 amide bonds. The third kappa shape index (κ3) is 3.36. The lowest BCUT2D eigenvalue weighted by atomic mass is 9.95. The Balaban J connectivity index is 1.67. The van der Waals surface area contributed by atoms with Crippen LogP contribution in [0.1, 0.15) is 22.2 Å². The van der Waals surface area contributed by atoms with Crippen molar-refractivity contribution in [2.75, 3.05) is 19.1 Å². The fraction of sp³-hybridized carbons (Fsp3) is 0.115. The van der Waals surface area contributed by atoms with Crippen molar-refractivity contribution in [1.82, 2.24) is 4.98 Å². The lowest BCUT2D eigenvalue weighted by molar-refractivity contribution is -0.117. The first-order valence-electron chi connectivity index (χ1n) is 10.5. The molecule has 0 aliphatic carbocycles. The minimum atomic E-state index is -0.944. The summed E-state index contributed by atoms with van der Waals surface area (Å²) < 4.78 is 16.5. The largest absolute Gasteiger partial charge is 0.503 e. The zero-order valence-electron chi connectivity index (χ0n) is 18.4. The Kier molecular flexibility index (Phi) is 5.25. The highest BCUT2D eigenvalue weighted by atomic mass is 16.5. The van der Waals surface area contributed by atoms with Crippen molar-refractivity contribution in [3.63, 3.8) is 0 Å². The normalized spacial score (nSPS) is 15.8. The number of para-hydroxylation sites is 1. The summed E-state index contributed by atoms with van der Waals surface area (Å²) in [4.78, 5) is 32.5. The number of fused-ring (bicyclic) bond motifs is 1. The highest BCUT2D eigenvalue weighted by Crippen LogP contribution is 2.42. The number of furan rings is 1. The van der Waals surface area contributed by atoms with Crippen LogP contribution in [0.15, 0.2) is 88.7 Å². The molecular formula is C26H20N2O6. The second-order valence-electron chi connectivity index (χ2n) is 7.62. The number of carbonyl (C=O) groups is 2. The van der Waals surface area contributed by atoms with Crippen molar-refractivity contribution in [1.29, 1.82) is 0 Å². The van der Waals surface area contributed by atoms with Crippen molar-refractivity contribution in [2.45, 2.75) is 6.04 Å². The Morgan fingerprint density at radius 3 is 2.59 bits per heavy atom. The van der Waals surface area contributed by atoms with Gasteiger partial charge in [-0.25, -0.2) is 4.98 Å². The molecule has 8 heteroatoms. The van der Waals surface area contributed by atoms with Gasteiger partial charge < -0.3 is 19.0 Å². The zero-order valence-corrected chi connectivity index (χ0v) is 18.4. The number of hydrogen-bond acceptors (Lipinski definition) is 7. The van der Waals surface area contributed by atoms with Crippen LogP contribution >= 0.6 is 0 Å². The summed E-state index contributed by atoms with van der Waals surface area (Å²) in [5.41, 5.74) is 0.860. The van der Waals surface area contributed by atoms with Gasteiger partial charge in [0.1, 0.15) is 11.6 Å². The molecule has 1 aliphatic heterocycles. The molecule has 1 aliphatic rings. The van der Waals surface area contributed by atoms with Crippen LogP contribution < -0.4 is 14.4 Å². The number of Topliss-reactive ketones (excluding diaryl/α,β-unsaturated/α-hetero) is 1. The van der Waals surface area contributed by atoms with Crippen LogP contribution in [0.3, 0.4) is 0 Å². The van der Waals surface area contributed by atoms with E-state index in [2.05, 4.69) is 4.98 Å². The Morgan fingerprint density at radius 1 is 1.03 bits per heavy atom. The fourth-order valence-corrected chi connectivity index (χ4v) is 4.14. The minimum Gasteiger partial charge on any atom is -0.503 e. The molecule has 4 aromatic rings. The first kappa shape index (κ1) is 21.3. The zero-order chi connectivity index (χ0) is 23.8. The standard InChI is InChI=1S/C26H20N2O6/c1-32-17-9-5-7-15(13-17)22-21(24(30)26(31)28(22)20-11-3-4-12-27-20)23(29)19-14-16-8-6-10-18(33-2)25(16)34-19/h3-14,22,30H,1-2H3. The molecule has 170 valence electrons. The van der Waals surface area contributed by atoms with E-state index >= 15 is 0 Å². The van der Waals surface area contributed by atoms with E-state index in [1.54, 1.807) is 66.7 Å². The number of aromatic nitrogens is 1. The molecule has 0 saturated heterocycles. The monoisotopic (exact) mass is 456 g/mol. The van der Waals surface area contributed by atoms with Gasteiger partial charge in [-0.2, -0.15) is 0 Å². The molecule has 0 bridgehead atoms. The van der Waals surface area contributed by atoms with Gasteiger partial charge in [-0.3, -0.25) is 14.5 Å². The van der Waals surface area contributed by atoms with Gasteiger partial charge in [0.2, 0.25) is 5.78 Å². The first-order chi connectivity index (χ1) is 16.5. The van der Waals surface area contributed by atoms with Gasteiger partial charge >= 0.3 is 0 Å². The summed E-state index contributed by atoms with van der Waals surface area (Å²) in [6.07, 6.45) is 1.54. The molecule has 34 heavy (non-hydrogen) atoms. The maximum Gasteiger partial charge on any atom is 0.295 e. The Morgan fingerprint density at radius 2 is 1.85 bits per heavy atom. The number of rotatable bonds is 6. The van der Waals surface area contributed by atoms with Crippen molar-refractivity contribution < 1.29 is 28.6 Å². The molecule has 1 unspecified atom stereocenters. The van der Waals surface area contributed by atoms with E-state index in [1.807, 2.05) is 0 Å². The number of hydrogen-bond donors (Lipinski definition) is 1. The van der Waals surface area contributed by atoms with Crippen LogP contribution in [-0.4, -0.2) is 36.0 Å². The Labute approximate surface area is 194 Å². The number of carbonyl (C=O) groups excluding carboxylic acids is 2. The molecule has 5 rings (SSSR count). The van der Waals surface area contributed by atoms with Crippen LogP contribution in [0, 0.1) is 0 Å². The van der Waals surface area contributed by atoms with E-state index in [9.17, 15) is 14.7 Å². The Bertz CT molecular complexity index is 1440. The molecule has 3 heterocycles. The quantitative estimate of drug-likeness (QED) is 0.422. The van der Waals surface area contributed by atoms with Crippen molar-refractivity contribution in [3.05, 3.63) is 95.6 Å². The predicted molar refractivity (Wildman–Crippen MR) is 124 cm³/mol.